The van der Waals surface area contributed by atoms with Crippen molar-refractivity contribution in [2.45, 2.75) is 107 Å². The number of fused-ring (bicyclic) bond motifs is 4. The molecule has 1 amide bonds. The van der Waals surface area contributed by atoms with Crippen LogP contribution in [0.5, 0.6) is 5.75 Å². The Morgan fingerprint density at radius 3 is 2.46 bits per heavy atom. The summed E-state index contributed by atoms with van der Waals surface area (Å²) in [6.45, 7) is 2.84. The van der Waals surface area contributed by atoms with Crippen LogP contribution in [0.25, 0.3) is 0 Å². The number of nitrogens with zero attached hydrogens (tertiary/aromatic N) is 4. The normalized spacial score (nSPS) is 28.2. The van der Waals surface area contributed by atoms with E-state index in [1.807, 2.05) is 12.1 Å². The number of carboxylic acid groups (broad SMARTS) is 1. The van der Waals surface area contributed by atoms with Crippen molar-refractivity contribution in [3.05, 3.63) is 41.2 Å². The molecule has 4 atom stereocenters. The van der Waals surface area contributed by atoms with Crippen LogP contribution in [0, 0.1) is 17.8 Å². The lowest BCUT2D eigenvalue weighted by molar-refractivity contribution is -0.149. The van der Waals surface area contributed by atoms with Crippen LogP contribution in [0.15, 0.2) is 24.4 Å². The molecule has 3 aliphatic carbocycles. The topological polar surface area (TPSA) is 108 Å². The van der Waals surface area contributed by atoms with Gasteiger partial charge in [0.05, 0.1) is 12.1 Å². The Bertz CT molecular complexity index is 1640. The lowest BCUT2D eigenvalue weighted by Crippen LogP contribution is -2.57. The van der Waals surface area contributed by atoms with E-state index >= 15 is 8.78 Å². The number of nitrogens with one attached hydrogen (secondary N) is 1. The summed E-state index contributed by atoms with van der Waals surface area (Å²) in [6, 6.07) is 5.59. The van der Waals surface area contributed by atoms with E-state index in [4.69, 9.17) is 4.74 Å². The van der Waals surface area contributed by atoms with Gasteiger partial charge in [-0.25, -0.2) is 14.8 Å². The number of carbonyl (C=O) groups excluding carboxylic acids is 1. The molecule has 1 saturated heterocycles. The minimum absolute atomic E-state index is 0.0206. The molecule has 272 valence electrons. The van der Waals surface area contributed by atoms with Crippen LogP contribution in [0.3, 0.4) is 0 Å². The maximum atomic E-state index is 15.3. The average Bonchev–Trinajstić information content (AvgIpc) is 3.71. The van der Waals surface area contributed by atoms with E-state index in [0.29, 0.717) is 63.9 Å². The molecule has 1 spiro atoms. The van der Waals surface area contributed by atoms with Crippen molar-refractivity contribution in [1.29, 1.82) is 0 Å². The van der Waals surface area contributed by atoms with E-state index in [1.165, 1.54) is 4.90 Å². The molecule has 0 radical (unpaired) electrons. The van der Waals surface area contributed by atoms with Crippen LogP contribution < -0.4 is 15.0 Å². The second kappa shape index (κ2) is 12.6. The molecule has 1 aromatic carbocycles. The monoisotopic (exact) mass is 705 g/mol. The summed E-state index contributed by atoms with van der Waals surface area (Å²) in [6.07, 6.45) is 3.72. The summed E-state index contributed by atoms with van der Waals surface area (Å²) in [5, 5.41) is 13.0. The van der Waals surface area contributed by atoms with E-state index in [-0.39, 0.29) is 35.7 Å². The number of amides is 1. The molecule has 4 unspecified atom stereocenters. The predicted octanol–water partition coefficient (Wildman–Crippen LogP) is 6.97. The Labute approximate surface area is 288 Å². The first-order valence-corrected chi connectivity index (χ1v) is 17.7. The first kappa shape index (κ1) is 34.9. The number of alkyl halides is 5. The second-order valence-electron chi connectivity index (χ2n) is 15.6. The quantitative estimate of drug-likeness (QED) is 0.284. The molecule has 2 N–H and O–H groups in total. The third-order valence-corrected chi connectivity index (χ3v) is 11.8. The van der Waals surface area contributed by atoms with Crippen molar-refractivity contribution < 1.29 is 41.4 Å². The highest BCUT2D eigenvalue weighted by molar-refractivity contribution is 5.99. The number of halogens is 5. The zero-order valence-electron chi connectivity index (χ0n) is 28.4. The number of aromatic nitrogens is 2. The van der Waals surface area contributed by atoms with Crippen LogP contribution in [-0.4, -0.2) is 75.8 Å². The van der Waals surface area contributed by atoms with Gasteiger partial charge in [-0.1, -0.05) is 19.8 Å². The van der Waals surface area contributed by atoms with E-state index in [0.717, 1.165) is 49.6 Å². The van der Waals surface area contributed by atoms with Gasteiger partial charge >= 0.3 is 12.1 Å². The number of benzene rings is 1. The van der Waals surface area contributed by atoms with Crippen molar-refractivity contribution >= 4 is 23.5 Å². The van der Waals surface area contributed by atoms with Crippen LogP contribution in [0.4, 0.5) is 33.6 Å². The number of carbonyl (C=O) groups is 2. The van der Waals surface area contributed by atoms with E-state index in [9.17, 15) is 27.9 Å². The summed E-state index contributed by atoms with van der Waals surface area (Å²) in [7, 11) is 0. The lowest BCUT2D eigenvalue weighted by atomic mass is 9.78. The van der Waals surface area contributed by atoms with Crippen molar-refractivity contribution in [1.82, 2.24) is 20.2 Å². The highest BCUT2D eigenvalue weighted by atomic mass is 19.4. The van der Waals surface area contributed by atoms with Gasteiger partial charge in [-0.2, -0.15) is 22.0 Å². The average molecular weight is 706 g/mol. The zero-order valence-corrected chi connectivity index (χ0v) is 28.4. The maximum Gasteiger partial charge on any atom is 0.401 e. The van der Waals surface area contributed by atoms with E-state index in [2.05, 4.69) is 22.2 Å². The number of ether oxygens (including phenoxy) is 1. The number of anilines is 2. The fourth-order valence-electron chi connectivity index (χ4n) is 9.69. The number of piperidine rings is 1. The fourth-order valence-corrected chi connectivity index (χ4v) is 9.69. The standard InChI is InChI=1S/C36H44F5N5O4/c1-21-13-22-15-23(14-21)35(17-22,31(48)49)44-30(47)26-18-42-32(43-29(26)33(2,37)38)46-19-34(9-3-4-10-34)27-16-25(5-6-28(27)46)50-24-7-11-45(12-8-24)20-36(39,40)41/h5-6,16,18,21-24H,3-4,7-15,17,19-20H2,1-2H3,(H,44,47)(H,48,49). The minimum atomic E-state index is -4.24. The van der Waals surface area contributed by atoms with Crippen LogP contribution in [-0.2, 0) is 16.1 Å². The van der Waals surface area contributed by atoms with Gasteiger partial charge in [0.2, 0.25) is 5.95 Å². The Morgan fingerprint density at radius 2 is 1.80 bits per heavy atom. The maximum absolute atomic E-state index is 15.3. The van der Waals surface area contributed by atoms with Crippen molar-refractivity contribution in [2.75, 3.05) is 31.1 Å². The molecule has 9 nitrogen and oxygen atoms in total. The van der Waals surface area contributed by atoms with Crippen LogP contribution in [0.2, 0.25) is 0 Å². The molecule has 3 saturated carbocycles. The van der Waals surface area contributed by atoms with Gasteiger partial charge in [0, 0.05) is 43.9 Å². The number of hydrogen-bond acceptors (Lipinski definition) is 7. The summed E-state index contributed by atoms with van der Waals surface area (Å²) in [5.74, 6) is -4.80. The molecule has 3 heterocycles. The van der Waals surface area contributed by atoms with Crippen molar-refractivity contribution in [3.8, 4) is 5.75 Å². The van der Waals surface area contributed by atoms with Crippen LogP contribution in [0.1, 0.15) is 99.7 Å². The minimum Gasteiger partial charge on any atom is -0.490 e. The van der Waals surface area contributed by atoms with Crippen molar-refractivity contribution in [2.24, 2.45) is 17.8 Å². The summed E-state index contributed by atoms with van der Waals surface area (Å²) >= 11 is 0. The van der Waals surface area contributed by atoms with Gasteiger partial charge in [-0.15, -0.1) is 0 Å². The SMILES string of the molecule is CC1CC2CC(C1)C(NC(=O)c1cnc(N3CC4(CCCC4)c4cc(OC5CCN(CC(F)(F)F)CC5)ccc43)nc1C(C)(F)F)(C(=O)O)C2. The Kier molecular flexibility index (Phi) is 8.78. The molecular weight excluding hydrogens is 661 g/mol. The highest BCUT2D eigenvalue weighted by Gasteiger charge is 2.56. The summed E-state index contributed by atoms with van der Waals surface area (Å²) in [5.41, 5.74) is -1.29. The molecule has 2 aliphatic heterocycles. The zero-order chi connectivity index (χ0) is 35.6. The van der Waals surface area contributed by atoms with Gasteiger partial charge in [0.15, 0.2) is 0 Å². The fraction of sp³-hybridized carbons (Fsp3) is 0.667. The predicted molar refractivity (Wildman–Crippen MR) is 174 cm³/mol. The second-order valence-corrected chi connectivity index (χ2v) is 15.6. The third kappa shape index (κ3) is 6.52. The van der Waals surface area contributed by atoms with Crippen molar-refractivity contribution in [3.63, 3.8) is 0 Å². The Morgan fingerprint density at radius 1 is 1.08 bits per heavy atom. The largest absolute Gasteiger partial charge is 0.490 e. The van der Waals surface area contributed by atoms with Gasteiger partial charge in [-0.05, 0) is 92.9 Å². The number of likely N-dealkylation sites (tertiary alicyclic amines) is 1. The first-order valence-electron chi connectivity index (χ1n) is 17.7. The van der Waals surface area contributed by atoms with Gasteiger partial charge in [-0.3, -0.25) is 9.69 Å². The molecule has 2 aromatic rings. The highest BCUT2D eigenvalue weighted by Crippen LogP contribution is 2.54. The molecule has 2 bridgehead atoms. The number of carboxylic acids is 1. The van der Waals surface area contributed by atoms with Gasteiger partial charge in [0.25, 0.3) is 11.8 Å². The number of rotatable bonds is 8. The molecule has 50 heavy (non-hydrogen) atoms. The smallest absolute Gasteiger partial charge is 0.401 e. The van der Waals surface area contributed by atoms with Gasteiger partial charge < -0.3 is 20.1 Å². The van der Waals surface area contributed by atoms with Gasteiger partial charge in [0.1, 0.15) is 23.1 Å². The molecule has 7 rings (SSSR count). The first-order chi connectivity index (χ1) is 23.6. The third-order valence-electron chi connectivity index (χ3n) is 11.8. The summed E-state index contributed by atoms with van der Waals surface area (Å²) in [4.78, 5) is 38.3. The molecule has 5 aliphatic rings. The van der Waals surface area contributed by atoms with E-state index < -0.39 is 47.3 Å². The molecule has 1 aromatic heterocycles. The lowest BCUT2D eigenvalue weighted by Gasteiger charge is -2.33. The molecular formula is C36H44F5N5O4. The Balaban J connectivity index is 1.14. The number of aliphatic carboxylic acids is 1. The van der Waals surface area contributed by atoms with Crippen LogP contribution >= 0.6 is 0 Å². The summed E-state index contributed by atoms with van der Waals surface area (Å²) < 4.78 is 75.4. The molecule has 4 fully saturated rings. The Hall–Kier alpha value is -3.55. The molecule has 14 heteroatoms. The number of hydrogen-bond donors (Lipinski definition) is 2. The van der Waals surface area contributed by atoms with E-state index in [1.54, 1.807) is 11.0 Å².